The van der Waals surface area contributed by atoms with Crippen LogP contribution in [0.1, 0.15) is 47.4 Å². The lowest BCUT2D eigenvalue weighted by atomic mass is 9.71. The van der Waals surface area contributed by atoms with Gasteiger partial charge in [0.15, 0.2) is 5.78 Å². The van der Waals surface area contributed by atoms with Crippen molar-refractivity contribution in [2.75, 3.05) is 6.61 Å². The van der Waals surface area contributed by atoms with Gasteiger partial charge in [-0.05, 0) is 35.6 Å². The normalized spacial score (nSPS) is 24.2. The molecule has 1 amide bonds. The van der Waals surface area contributed by atoms with Crippen molar-refractivity contribution in [2.24, 2.45) is 17.8 Å². The highest BCUT2D eigenvalue weighted by atomic mass is 16.5. The molecule has 1 aromatic heterocycles. The first-order valence-corrected chi connectivity index (χ1v) is 13.9. The molecule has 204 valence electrons. The van der Waals surface area contributed by atoms with Crippen LogP contribution in [0.4, 0.5) is 0 Å². The van der Waals surface area contributed by atoms with Gasteiger partial charge in [-0.2, -0.15) is 0 Å². The summed E-state index contributed by atoms with van der Waals surface area (Å²) in [5, 5.41) is 0.937. The van der Waals surface area contributed by atoms with Gasteiger partial charge in [-0.1, -0.05) is 85.8 Å². The van der Waals surface area contributed by atoms with Gasteiger partial charge in [0.05, 0.1) is 18.3 Å². The minimum atomic E-state index is -1.11. The third kappa shape index (κ3) is 4.82. The fourth-order valence-electron chi connectivity index (χ4n) is 6.29. The molecular weight excluding hydrogens is 504 g/mol. The highest BCUT2D eigenvalue weighted by Gasteiger charge is 2.56. The molecule has 1 N–H and O–H groups in total. The van der Waals surface area contributed by atoms with Crippen LogP contribution in [-0.4, -0.2) is 40.4 Å². The summed E-state index contributed by atoms with van der Waals surface area (Å²) in [6.45, 7) is 2.42. The van der Waals surface area contributed by atoms with E-state index in [4.69, 9.17) is 9.47 Å². The lowest BCUT2D eigenvalue weighted by Crippen LogP contribution is -2.57. The maximum atomic E-state index is 14.2. The van der Waals surface area contributed by atoms with E-state index < -0.39 is 24.0 Å². The Labute approximate surface area is 233 Å². The molecular formula is C33H32N2O5. The average molecular weight is 537 g/mol. The molecule has 2 aliphatic rings. The number of benzene rings is 3. The molecule has 7 heteroatoms. The largest absolute Gasteiger partial charge is 0.460 e. The first-order chi connectivity index (χ1) is 19.5. The van der Waals surface area contributed by atoms with Crippen molar-refractivity contribution in [1.29, 1.82) is 0 Å². The third-order valence-electron chi connectivity index (χ3n) is 8.28. The summed E-state index contributed by atoms with van der Waals surface area (Å²) >= 11 is 0. The Morgan fingerprint density at radius 3 is 2.38 bits per heavy atom. The molecule has 2 fully saturated rings. The molecule has 2 aliphatic heterocycles. The van der Waals surface area contributed by atoms with Gasteiger partial charge in [0.25, 0.3) is 0 Å². The van der Waals surface area contributed by atoms with Crippen LogP contribution in [0.3, 0.4) is 0 Å². The number of esters is 1. The number of hydrogen-bond donors (Lipinski definition) is 1. The van der Waals surface area contributed by atoms with Crippen LogP contribution in [0.25, 0.3) is 10.9 Å². The molecule has 6 rings (SSSR count). The first-order valence-electron chi connectivity index (χ1n) is 13.9. The maximum absolute atomic E-state index is 14.2. The van der Waals surface area contributed by atoms with Gasteiger partial charge in [0.2, 0.25) is 5.91 Å². The van der Waals surface area contributed by atoms with E-state index in [1.54, 1.807) is 4.90 Å². The van der Waals surface area contributed by atoms with Crippen molar-refractivity contribution in [1.82, 2.24) is 9.88 Å². The number of ether oxygens (including phenoxy) is 2. The Balaban J connectivity index is 1.33. The number of para-hydroxylation sites is 1. The topological polar surface area (TPSA) is 88.7 Å². The Morgan fingerprint density at radius 1 is 0.950 bits per heavy atom. The van der Waals surface area contributed by atoms with E-state index in [9.17, 15) is 14.4 Å². The Morgan fingerprint density at radius 2 is 1.65 bits per heavy atom. The van der Waals surface area contributed by atoms with E-state index in [-0.39, 0.29) is 36.7 Å². The van der Waals surface area contributed by atoms with Gasteiger partial charge >= 0.3 is 5.97 Å². The van der Waals surface area contributed by atoms with E-state index in [1.165, 1.54) is 0 Å². The molecule has 7 nitrogen and oxygen atoms in total. The monoisotopic (exact) mass is 536 g/mol. The second-order valence-electron chi connectivity index (χ2n) is 10.6. The summed E-state index contributed by atoms with van der Waals surface area (Å²) < 4.78 is 12.0. The molecule has 0 saturated carbocycles. The van der Waals surface area contributed by atoms with Crippen molar-refractivity contribution in [3.05, 3.63) is 108 Å². The maximum Gasteiger partial charge on any atom is 0.319 e. The predicted octanol–water partition coefficient (Wildman–Crippen LogP) is 5.68. The third-order valence-corrected chi connectivity index (χ3v) is 8.28. The molecule has 0 bridgehead atoms. The molecule has 5 atom stereocenters. The summed E-state index contributed by atoms with van der Waals surface area (Å²) in [4.78, 5) is 46.5. The zero-order valence-electron chi connectivity index (χ0n) is 22.4. The number of carbonyl (C=O) groups excluding carboxylic acids is 3. The number of piperidine rings is 1. The minimum Gasteiger partial charge on any atom is -0.460 e. The lowest BCUT2D eigenvalue weighted by Gasteiger charge is -2.45. The summed E-state index contributed by atoms with van der Waals surface area (Å²) in [6.07, 6.45) is 0.163. The van der Waals surface area contributed by atoms with Crippen molar-refractivity contribution in [3.63, 3.8) is 0 Å². The number of nitrogens with zero attached hydrogens (tertiary/aromatic N) is 1. The number of hydrogen-bond acceptors (Lipinski definition) is 5. The van der Waals surface area contributed by atoms with E-state index >= 15 is 0 Å². The van der Waals surface area contributed by atoms with Crippen molar-refractivity contribution in [2.45, 2.75) is 38.6 Å². The molecule has 3 heterocycles. The number of H-pyrrole nitrogens is 1. The second-order valence-corrected chi connectivity index (χ2v) is 10.6. The fraction of sp³-hybridized carbons (Fsp3) is 0.303. The van der Waals surface area contributed by atoms with Crippen LogP contribution in [0.2, 0.25) is 0 Å². The number of aromatic amines is 1. The number of nitrogens with one attached hydrogen (secondary N) is 1. The van der Waals surface area contributed by atoms with E-state index in [2.05, 4.69) is 4.98 Å². The molecule has 0 aliphatic carbocycles. The molecule has 40 heavy (non-hydrogen) atoms. The highest BCUT2D eigenvalue weighted by molar-refractivity contribution is 6.02. The van der Waals surface area contributed by atoms with E-state index in [0.717, 1.165) is 22.0 Å². The Kier molecular flexibility index (Phi) is 7.22. The van der Waals surface area contributed by atoms with Crippen molar-refractivity contribution >= 4 is 28.6 Å². The predicted molar refractivity (Wildman–Crippen MR) is 150 cm³/mol. The van der Waals surface area contributed by atoms with Gasteiger partial charge in [-0.15, -0.1) is 0 Å². The first kappa shape index (κ1) is 26.0. The molecule has 2 saturated heterocycles. The number of carbonyl (C=O) groups is 3. The molecule has 0 spiro atoms. The van der Waals surface area contributed by atoms with Crippen LogP contribution in [0.15, 0.2) is 91.0 Å². The van der Waals surface area contributed by atoms with Crippen LogP contribution in [0.5, 0.6) is 0 Å². The van der Waals surface area contributed by atoms with Crippen molar-refractivity contribution in [3.8, 4) is 0 Å². The zero-order valence-corrected chi connectivity index (χ0v) is 22.4. The Hall–Kier alpha value is -4.23. The van der Waals surface area contributed by atoms with E-state index in [1.807, 2.05) is 97.9 Å². The number of ketones is 1. The van der Waals surface area contributed by atoms with Crippen LogP contribution in [0, 0.1) is 17.8 Å². The molecule has 3 aromatic carbocycles. The summed E-state index contributed by atoms with van der Waals surface area (Å²) in [7, 11) is 0. The second kappa shape index (κ2) is 11.1. The highest BCUT2D eigenvalue weighted by Crippen LogP contribution is 2.46. The summed E-state index contributed by atoms with van der Waals surface area (Å²) in [5.41, 5.74) is 3.13. The van der Waals surface area contributed by atoms with Gasteiger partial charge in [-0.3, -0.25) is 14.4 Å². The summed E-state index contributed by atoms with van der Waals surface area (Å²) in [6, 6.07) is 28.3. The smallest absolute Gasteiger partial charge is 0.319 e. The SMILES string of the molecule is CC[C@H]1[C@@H](CC(=O)c2cc3ccccc3[nH]2)[C@@H](C(=O)OCc2ccccc2)C(=O)N2[C@@H]1OC[C@H]2c1ccccc1. The standard InChI is InChI=1S/C33H32N2O5/c1-2-24-25(18-29(36)27-17-23-15-9-10-16-26(23)34-27)30(33(38)40-19-21-11-5-3-6-12-21)31(37)35-28(20-39-32(24)35)22-13-7-4-8-14-22/h3-17,24-25,28,30,32,34H,2,18-20H2,1H3/t24-,25+,28-,30+,32+/m0/s1. The van der Waals surface area contributed by atoms with Crippen molar-refractivity contribution < 1.29 is 23.9 Å². The van der Waals surface area contributed by atoms with Gasteiger partial charge in [0.1, 0.15) is 18.8 Å². The van der Waals surface area contributed by atoms with Crippen LogP contribution >= 0.6 is 0 Å². The fourth-order valence-corrected chi connectivity index (χ4v) is 6.29. The van der Waals surface area contributed by atoms with E-state index in [0.29, 0.717) is 18.7 Å². The van der Waals surface area contributed by atoms with Gasteiger partial charge in [0, 0.05) is 23.2 Å². The minimum absolute atomic E-state index is 0.0336. The average Bonchev–Trinajstić information content (AvgIpc) is 3.63. The molecule has 0 radical (unpaired) electrons. The zero-order chi connectivity index (χ0) is 27.6. The summed E-state index contributed by atoms with van der Waals surface area (Å²) in [5.74, 6) is -2.96. The van der Waals surface area contributed by atoms with Crippen LogP contribution in [-0.2, 0) is 25.7 Å². The molecule has 0 unspecified atom stereocenters. The molecule has 4 aromatic rings. The van der Waals surface area contributed by atoms with Gasteiger partial charge < -0.3 is 19.4 Å². The van der Waals surface area contributed by atoms with Crippen LogP contribution < -0.4 is 0 Å². The number of fused-ring (bicyclic) bond motifs is 2. The Bertz CT molecular complexity index is 1480. The number of amides is 1. The lowest BCUT2D eigenvalue weighted by molar-refractivity contribution is -0.176. The quantitative estimate of drug-likeness (QED) is 0.178. The number of aromatic nitrogens is 1. The number of Topliss-reactive ketones (excluding diaryl/α,β-unsaturated/α-hetero) is 1. The number of rotatable bonds is 8. The van der Waals surface area contributed by atoms with Gasteiger partial charge in [-0.25, -0.2) is 0 Å².